The zero-order valence-corrected chi connectivity index (χ0v) is 17.7. The molecule has 0 bridgehead atoms. The van der Waals surface area contributed by atoms with Crippen molar-refractivity contribution in [3.8, 4) is 0 Å². The van der Waals surface area contributed by atoms with Crippen molar-refractivity contribution in [2.45, 2.75) is 70.0 Å². The first kappa shape index (κ1) is 19.8. The van der Waals surface area contributed by atoms with E-state index in [9.17, 15) is 9.59 Å². The second-order valence-corrected chi connectivity index (χ2v) is 9.90. The summed E-state index contributed by atoms with van der Waals surface area (Å²) in [4.78, 5) is 27.8. The summed E-state index contributed by atoms with van der Waals surface area (Å²) in [6, 6.07) is 3.95. The van der Waals surface area contributed by atoms with Gasteiger partial charge in [0.25, 0.3) is 5.91 Å². The summed E-state index contributed by atoms with van der Waals surface area (Å²) in [6.45, 7) is 3.75. The quantitative estimate of drug-likeness (QED) is 0.686. The van der Waals surface area contributed by atoms with E-state index < -0.39 is 6.04 Å². The van der Waals surface area contributed by atoms with Crippen molar-refractivity contribution >= 4 is 39.1 Å². The third kappa shape index (κ3) is 5.30. The van der Waals surface area contributed by atoms with Crippen LogP contribution < -0.4 is 10.6 Å². The number of nitrogens with one attached hydrogen (secondary N) is 2. The molecule has 0 spiro atoms. The van der Waals surface area contributed by atoms with Crippen molar-refractivity contribution < 1.29 is 9.59 Å². The summed E-state index contributed by atoms with van der Waals surface area (Å²) in [5.74, 6) is -0.295. The van der Waals surface area contributed by atoms with Gasteiger partial charge < -0.3 is 10.6 Å². The maximum atomic E-state index is 12.5. The van der Waals surface area contributed by atoms with Gasteiger partial charge in [-0.1, -0.05) is 25.7 Å². The largest absolute Gasteiger partial charge is 0.350 e. The molecule has 1 saturated carbocycles. The molecule has 2 N–H and O–H groups in total. The van der Waals surface area contributed by atoms with Gasteiger partial charge in [0.05, 0.1) is 8.66 Å². The van der Waals surface area contributed by atoms with E-state index in [1.54, 1.807) is 13.0 Å². The highest BCUT2D eigenvalue weighted by Crippen LogP contribution is 2.25. The highest BCUT2D eigenvalue weighted by molar-refractivity contribution is 9.11. The van der Waals surface area contributed by atoms with Gasteiger partial charge in [-0.15, -0.1) is 11.3 Å². The van der Waals surface area contributed by atoms with Crippen LogP contribution in [0.1, 0.15) is 61.5 Å². The summed E-state index contributed by atoms with van der Waals surface area (Å²) < 4.78 is 0.907. The summed E-state index contributed by atoms with van der Waals surface area (Å²) in [5.41, 5.74) is 0. The van der Waals surface area contributed by atoms with Crippen molar-refractivity contribution in [1.29, 1.82) is 0 Å². The van der Waals surface area contributed by atoms with Crippen LogP contribution >= 0.6 is 27.3 Å². The Morgan fingerprint density at radius 2 is 1.92 bits per heavy atom. The standard InChI is InChI=1S/C19H28BrN3O2S/c1-13(21-19(25)16-8-9-17(20)26-16)18(24)22-14-10-11-23(12-14)15-6-4-2-3-5-7-15/h8-9,13-15H,2-7,10-12H2,1H3,(H,21,25)(H,22,24). The molecule has 2 atom stereocenters. The zero-order chi connectivity index (χ0) is 18.5. The van der Waals surface area contributed by atoms with Gasteiger partial charge in [0, 0.05) is 25.2 Å². The Labute approximate surface area is 168 Å². The number of amides is 2. The predicted molar refractivity (Wildman–Crippen MR) is 109 cm³/mol. The molecule has 1 aliphatic carbocycles. The van der Waals surface area contributed by atoms with Gasteiger partial charge in [-0.2, -0.15) is 0 Å². The SMILES string of the molecule is CC(NC(=O)c1ccc(Br)s1)C(=O)NC1CCN(C2CCCCCC2)C1. The fraction of sp³-hybridized carbons (Fsp3) is 0.684. The number of thiophene rings is 1. The molecule has 2 unspecified atom stereocenters. The Balaban J connectivity index is 1.44. The minimum absolute atomic E-state index is 0.0957. The average Bonchev–Trinajstić information content (AvgIpc) is 3.16. The van der Waals surface area contributed by atoms with Crippen LogP contribution in [0.15, 0.2) is 15.9 Å². The molecular formula is C19H28BrN3O2S. The molecule has 1 aromatic heterocycles. The first-order chi connectivity index (χ1) is 12.5. The van der Waals surface area contributed by atoms with E-state index in [1.807, 2.05) is 6.07 Å². The Bertz CT molecular complexity index is 628. The van der Waals surface area contributed by atoms with E-state index in [1.165, 1.54) is 49.9 Å². The van der Waals surface area contributed by atoms with E-state index in [0.717, 1.165) is 23.3 Å². The molecule has 5 nitrogen and oxygen atoms in total. The summed E-state index contributed by atoms with van der Waals surface area (Å²) >= 11 is 4.72. The fourth-order valence-electron chi connectivity index (χ4n) is 3.96. The lowest BCUT2D eigenvalue weighted by Gasteiger charge is -2.27. The number of rotatable bonds is 5. The van der Waals surface area contributed by atoms with Crippen LogP contribution in [0.3, 0.4) is 0 Å². The van der Waals surface area contributed by atoms with Crippen LogP contribution in [0, 0.1) is 0 Å². The van der Waals surface area contributed by atoms with Gasteiger partial charge in [0.1, 0.15) is 6.04 Å². The van der Waals surface area contributed by atoms with Crippen LogP contribution in [-0.4, -0.2) is 47.9 Å². The van der Waals surface area contributed by atoms with Crippen molar-refractivity contribution in [3.63, 3.8) is 0 Å². The Hall–Kier alpha value is -0.920. The van der Waals surface area contributed by atoms with Gasteiger partial charge in [0.2, 0.25) is 5.91 Å². The number of carbonyl (C=O) groups excluding carboxylic acids is 2. The van der Waals surface area contributed by atoms with Crippen LogP contribution in [0.4, 0.5) is 0 Å². The molecule has 3 rings (SSSR count). The average molecular weight is 442 g/mol. The maximum Gasteiger partial charge on any atom is 0.262 e. The number of hydrogen-bond acceptors (Lipinski definition) is 4. The van der Waals surface area contributed by atoms with Crippen molar-refractivity contribution in [2.75, 3.05) is 13.1 Å². The minimum atomic E-state index is -0.532. The van der Waals surface area contributed by atoms with Crippen molar-refractivity contribution in [1.82, 2.24) is 15.5 Å². The number of halogens is 1. The Morgan fingerprint density at radius 3 is 2.58 bits per heavy atom. The molecule has 0 radical (unpaired) electrons. The molecule has 0 aromatic carbocycles. The monoisotopic (exact) mass is 441 g/mol. The number of carbonyl (C=O) groups is 2. The molecular weight excluding hydrogens is 414 g/mol. The first-order valence-electron chi connectivity index (χ1n) is 9.63. The Morgan fingerprint density at radius 1 is 1.19 bits per heavy atom. The van der Waals surface area contributed by atoms with E-state index in [-0.39, 0.29) is 17.9 Å². The first-order valence-corrected chi connectivity index (χ1v) is 11.2. The molecule has 26 heavy (non-hydrogen) atoms. The van der Waals surface area contributed by atoms with Gasteiger partial charge in [0.15, 0.2) is 0 Å². The molecule has 1 aromatic rings. The lowest BCUT2D eigenvalue weighted by Crippen LogP contribution is -2.49. The molecule has 1 saturated heterocycles. The molecule has 2 fully saturated rings. The highest BCUT2D eigenvalue weighted by atomic mass is 79.9. The van der Waals surface area contributed by atoms with Crippen molar-refractivity contribution in [2.24, 2.45) is 0 Å². The van der Waals surface area contributed by atoms with E-state index in [2.05, 4.69) is 31.5 Å². The normalized spacial score (nSPS) is 23.4. The number of nitrogens with zero attached hydrogens (tertiary/aromatic N) is 1. The summed E-state index contributed by atoms with van der Waals surface area (Å²) in [7, 11) is 0. The zero-order valence-electron chi connectivity index (χ0n) is 15.3. The van der Waals surface area contributed by atoms with Gasteiger partial charge in [-0.05, 0) is 54.2 Å². The van der Waals surface area contributed by atoms with E-state index in [4.69, 9.17) is 0 Å². The smallest absolute Gasteiger partial charge is 0.262 e. The lowest BCUT2D eigenvalue weighted by molar-refractivity contribution is -0.123. The van der Waals surface area contributed by atoms with Gasteiger partial charge in [-0.3, -0.25) is 14.5 Å². The third-order valence-electron chi connectivity index (χ3n) is 5.45. The van der Waals surface area contributed by atoms with Crippen LogP contribution in [-0.2, 0) is 4.79 Å². The molecule has 1 aliphatic heterocycles. The van der Waals surface area contributed by atoms with Gasteiger partial charge >= 0.3 is 0 Å². The topological polar surface area (TPSA) is 61.4 Å². The fourth-order valence-corrected chi connectivity index (χ4v) is 5.24. The van der Waals surface area contributed by atoms with Gasteiger partial charge in [-0.25, -0.2) is 0 Å². The van der Waals surface area contributed by atoms with Crippen LogP contribution in [0.2, 0.25) is 0 Å². The second kappa shape index (κ2) is 9.33. The highest BCUT2D eigenvalue weighted by Gasteiger charge is 2.30. The summed E-state index contributed by atoms with van der Waals surface area (Å²) in [5, 5.41) is 5.92. The minimum Gasteiger partial charge on any atom is -0.350 e. The van der Waals surface area contributed by atoms with E-state index in [0.29, 0.717) is 10.9 Å². The Kier molecular flexibility index (Phi) is 7.12. The van der Waals surface area contributed by atoms with Crippen molar-refractivity contribution in [3.05, 3.63) is 20.8 Å². The predicted octanol–water partition coefficient (Wildman–Crippen LogP) is 3.54. The second-order valence-electron chi connectivity index (χ2n) is 7.43. The third-order valence-corrected chi connectivity index (χ3v) is 7.07. The molecule has 2 amide bonds. The summed E-state index contributed by atoms with van der Waals surface area (Å²) in [6.07, 6.45) is 8.99. The maximum absolute atomic E-state index is 12.5. The molecule has 7 heteroatoms. The molecule has 144 valence electrons. The van der Waals surface area contributed by atoms with Crippen LogP contribution in [0.25, 0.3) is 0 Å². The van der Waals surface area contributed by atoms with Crippen LogP contribution in [0.5, 0.6) is 0 Å². The van der Waals surface area contributed by atoms with E-state index >= 15 is 0 Å². The molecule has 2 heterocycles. The number of likely N-dealkylation sites (tertiary alicyclic amines) is 1. The number of hydrogen-bond donors (Lipinski definition) is 2. The molecule has 2 aliphatic rings. The lowest BCUT2D eigenvalue weighted by atomic mass is 10.1.